The summed E-state index contributed by atoms with van der Waals surface area (Å²) >= 11 is 5.96. The number of ketones is 1. The predicted molar refractivity (Wildman–Crippen MR) is 62.5 cm³/mol. The molecule has 1 aromatic carbocycles. The molecule has 0 aliphatic heterocycles. The maximum atomic E-state index is 11.8. The average molecular weight is 244 g/mol. The van der Waals surface area contributed by atoms with Crippen LogP contribution in [-0.4, -0.2) is 26.0 Å². The summed E-state index contributed by atoms with van der Waals surface area (Å²) < 4.78 is 10.1. The molecule has 0 saturated carbocycles. The number of carbonyl (C=O) groups excluding carboxylic acids is 1. The van der Waals surface area contributed by atoms with Crippen LogP contribution in [-0.2, 0) is 0 Å². The fourth-order valence-electron chi connectivity index (χ4n) is 1.32. The number of hydrogen-bond donors (Lipinski definition) is 1. The molecule has 0 aromatic heterocycles. The molecule has 16 heavy (non-hydrogen) atoms. The molecule has 1 atom stereocenters. The minimum atomic E-state index is -0.614. The van der Waals surface area contributed by atoms with Crippen LogP contribution in [0.4, 0.5) is 0 Å². The van der Waals surface area contributed by atoms with E-state index in [4.69, 9.17) is 26.8 Å². The second-order valence-electron chi connectivity index (χ2n) is 3.34. The van der Waals surface area contributed by atoms with E-state index in [2.05, 4.69) is 0 Å². The number of methoxy groups -OCH3 is 2. The van der Waals surface area contributed by atoms with E-state index in [1.54, 1.807) is 19.1 Å². The van der Waals surface area contributed by atoms with E-state index in [1.165, 1.54) is 14.2 Å². The van der Waals surface area contributed by atoms with Gasteiger partial charge in [0.2, 0.25) is 0 Å². The van der Waals surface area contributed by atoms with E-state index >= 15 is 0 Å². The summed E-state index contributed by atoms with van der Waals surface area (Å²) in [6, 6.07) is 2.53. The van der Waals surface area contributed by atoms with Crippen molar-refractivity contribution in [3.63, 3.8) is 0 Å². The van der Waals surface area contributed by atoms with E-state index in [0.29, 0.717) is 22.1 Å². The summed E-state index contributed by atoms with van der Waals surface area (Å²) in [6.07, 6.45) is 0. The lowest BCUT2D eigenvalue weighted by Gasteiger charge is -2.13. The maximum Gasteiger partial charge on any atom is 0.183 e. The van der Waals surface area contributed by atoms with Gasteiger partial charge >= 0.3 is 0 Å². The highest BCUT2D eigenvalue weighted by Crippen LogP contribution is 2.33. The molecule has 4 nitrogen and oxygen atoms in total. The molecule has 0 spiro atoms. The van der Waals surface area contributed by atoms with Crippen molar-refractivity contribution in [1.29, 1.82) is 0 Å². The zero-order valence-corrected chi connectivity index (χ0v) is 10.2. The van der Waals surface area contributed by atoms with Gasteiger partial charge in [0.25, 0.3) is 0 Å². The van der Waals surface area contributed by atoms with E-state index in [9.17, 15) is 4.79 Å². The molecule has 0 fully saturated rings. The average Bonchev–Trinajstić information content (AvgIpc) is 2.26. The molecule has 0 aliphatic carbocycles. The van der Waals surface area contributed by atoms with Gasteiger partial charge in [0.05, 0.1) is 30.8 Å². The van der Waals surface area contributed by atoms with Gasteiger partial charge in [-0.15, -0.1) is 0 Å². The number of hydrogen-bond acceptors (Lipinski definition) is 4. The second kappa shape index (κ2) is 5.18. The van der Waals surface area contributed by atoms with Crippen LogP contribution in [0.2, 0.25) is 5.02 Å². The van der Waals surface area contributed by atoms with Crippen molar-refractivity contribution < 1.29 is 14.3 Å². The van der Waals surface area contributed by atoms with Crippen molar-refractivity contribution in [2.75, 3.05) is 14.2 Å². The van der Waals surface area contributed by atoms with Crippen LogP contribution < -0.4 is 15.2 Å². The third kappa shape index (κ3) is 2.46. The van der Waals surface area contributed by atoms with Crippen molar-refractivity contribution in [3.8, 4) is 11.5 Å². The Morgan fingerprint density at radius 2 is 2.00 bits per heavy atom. The number of halogens is 1. The number of benzene rings is 1. The largest absolute Gasteiger partial charge is 0.497 e. The highest BCUT2D eigenvalue weighted by Gasteiger charge is 2.19. The molecule has 0 heterocycles. The van der Waals surface area contributed by atoms with Crippen molar-refractivity contribution >= 4 is 17.4 Å². The number of ether oxygens (including phenoxy) is 2. The van der Waals surface area contributed by atoms with Gasteiger partial charge in [-0.2, -0.15) is 0 Å². The smallest absolute Gasteiger partial charge is 0.183 e. The third-order valence-electron chi connectivity index (χ3n) is 2.14. The number of Topliss-reactive ketones (excluding diaryl/α,β-unsaturated/α-hetero) is 1. The topological polar surface area (TPSA) is 61.5 Å². The quantitative estimate of drug-likeness (QED) is 0.821. The van der Waals surface area contributed by atoms with E-state index in [0.717, 1.165) is 0 Å². The standard InChI is InChI=1S/C11H14ClNO3/c1-6(13)10(14)8-4-7(15-2)5-9(12)11(8)16-3/h4-6H,13H2,1-3H3. The van der Waals surface area contributed by atoms with Crippen molar-refractivity contribution in [1.82, 2.24) is 0 Å². The Morgan fingerprint density at radius 1 is 1.38 bits per heavy atom. The minimum absolute atomic E-state index is 0.238. The van der Waals surface area contributed by atoms with Crippen LogP contribution in [0.5, 0.6) is 11.5 Å². The van der Waals surface area contributed by atoms with Crippen molar-refractivity contribution in [2.45, 2.75) is 13.0 Å². The Hall–Kier alpha value is -1.26. The summed E-state index contributed by atoms with van der Waals surface area (Å²) in [6.45, 7) is 1.61. The van der Waals surface area contributed by atoms with Crippen LogP contribution in [0.3, 0.4) is 0 Å². The van der Waals surface area contributed by atoms with E-state index < -0.39 is 6.04 Å². The van der Waals surface area contributed by atoms with Gasteiger partial charge in [-0.25, -0.2) is 0 Å². The monoisotopic (exact) mass is 243 g/mol. The maximum absolute atomic E-state index is 11.8. The Morgan fingerprint density at radius 3 is 2.44 bits per heavy atom. The van der Waals surface area contributed by atoms with Gasteiger partial charge in [-0.1, -0.05) is 11.6 Å². The van der Waals surface area contributed by atoms with Crippen LogP contribution in [0, 0.1) is 0 Å². The van der Waals surface area contributed by atoms with Crippen LogP contribution >= 0.6 is 11.6 Å². The zero-order valence-electron chi connectivity index (χ0n) is 9.41. The molecular formula is C11H14ClNO3. The van der Waals surface area contributed by atoms with Gasteiger partial charge in [0.1, 0.15) is 11.5 Å². The zero-order chi connectivity index (χ0) is 12.3. The van der Waals surface area contributed by atoms with Gasteiger partial charge in [0, 0.05) is 6.07 Å². The number of carbonyl (C=O) groups is 1. The molecule has 1 rings (SSSR count). The lowest BCUT2D eigenvalue weighted by Crippen LogP contribution is -2.27. The Balaban J connectivity index is 3.33. The first kappa shape index (κ1) is 12.8. The predicted octanol–water partition coefficient (Wildman–Crippen LogP) is 1.89. The summed E-state index contributed by atoms with van der Waals surface area (Å²) in [4.78, 5) is 11.8. The SMILES string of the molecule is COc1cc(Cl)c(OC)c(C(=O)C(C)N)c1. The van der Waals surface area contributed by atoms with Gasteiger partial charge in [-0.05, 0) is 13.0 Å². The molecule has 5 heteroatoms. The lowest BCUT2D eigenvalue weighted by molar-refractivity contribution is 0.0964. The molecule has 0 saturated heterocycles. The van der Waals surface area contributed by atoms with Crippen LogP contribution in [0.15, 0.2) is 12.1 Å². The normalized spacial score (nSPS) is 12.1. The first-order valence-corrected chi connectivity index (χ1v) is 5.10. The lowest BCUT2D eigenvalue weighted by atomic mass is 10.0. The third-order valence-corrected chi connectivity index (χ3v) is 2.42. The summed E-state index contributed by atoms with van der Waals surface area (Å²) in [5.41, 5.74) is 5.88. The molecule has 88 valence electrons. The molecule has 0 radical (unpaired) electrons. The number of rotatable bonds is 4. The second-order valence-corrected chi connectivity index (χ2v) is 3.75. The van der Waals surface area contributed by atoms with Gasteiger partial charge < -0.3 is 15.2 Å². The molecule has 2 N–H and O–H groups in total. The van der Waals surface area contributed by atoms with E-state index in [1.807, 2.05) is 0 Å². The molecule has 0 amide bonds. The molecule has 0 aliphatic rings. The summed E-state index contributed by atoms with van der Waals surface area (Å²) in [5, 5.41) is 0.325. The molecule has 1 aromatic rings. The first-order chi connectivity index (χ1) is 7.51. The summed E-state index contributed by atoms with van der Waals surface area (Å²) in [5.74, 6) is 0.581. The van der Waals surface area contributed by atoms with E-state index in [-0.39, 0.29) is 5.78 Å². The minimum Gasteiger partial charge on any atom is -0.497 e. The van der Waals surface area contributed by atoms with Crippen molar-refractivity contribution in [2.24, 2.45) is 5.73 Å². The Bertz CT molecular complexity index is 404. The number of nitrogens with two attached hydrogens (primary N) is 1. The summed E-state index contributed by atoms with van der Waals surface area (Å²) in [7, 11) is 2.95. The fourth-order valence-corrected chi connectivity index (χ4v) is 1.61. The Labute approximate surface area is 99.3 Å². The Kier molecular flexibility index (Phi) is 4.15. The van der Waals surface area contributed by atoms with Crippen molar-refractivity contribution in [3.05, 3.63) is 22.7 Å². The molecule has 1 unspecified atom stereocenters. The highest BCUT2D eigenvalue weighted by atomic mass is 35.5. The van der Waals surface area contributed by atoms with Crippen LogP contribution in [0.1, 0.15) is 17.3 Å². The highest BCUT2D eigenvalue weighted by molar-refractivity contribution is 6.33. The van der Waals surface area contributed by atoms with Gasteiger partial charge in [-0.3, -0.25) is 4.79 Å². The van der Waals surface area contributed by atoms with Gasteiger partial charge in [0.15, 0.2) is 5.78 Å². The fraction of sp³-hybridized carbons (Fsp3) is 0.364. The first-order valence-electron chi connectivity index (χ1n) is 4.72. The molecule has 0 bridgehead atoms. The molecular weight excluding hydrogens is 230 g/mol. The van der Waals surface area contributed by atoms with Crippen LogP contribution in [0.25, 0.3) is 0 Å².